The fourth-order valence-corrected chi connectivity index (χ4v) is 2.15. The lowest BCUT2D eigenvalue weighted by Gasteiger charge is -2.32. The Morgan fingerprint density at radius 3 is 2.58 bits per heavy atom. The van der Waals surface area contributed by atoms with Crippen molar-refractivity contribution in [1.29, 1.82) is 0 Å². The fourth-order valence-electron chi connectivity index (χ4n) is 2.15. The van der Waals surface area contributed by atoms with Gasteiger partial charge < -0.3 is 4.84 Å². The number of carbonyl (C=O) groups excluding carboxylic acids is 1. The second kappa shape index (κ2) is 5.70. The number of pyridine rings is 1. The van der Waals surface area contributed by atoms with Gasteiger partial charge in [-0.25, -0.2) is 4.79 Å². The highest BCUT2D eigenvalue weighted by molar-refractivity contribution is 5.75. The molecule has 0 bridgehead atoms. The number of hydrogen-bond donors (Lipinski definition) is 0. The van der Waals surface area contributed by atoms with E-state index in [1.54, 1.807) is 11.3 Å². The summed E-state index contributed by atoms with van der Waals surface area (Å²) in [5.41, 5.74) is 0.838. The van der Waals surface area contributed by atoms with Crippen molar-refractivity contribution in [2.75, 3.05) is 13.1 Å². The van der Waals surface area contributed by atoms with Crippen molar-refractivity contribution in [3.63, 3.8) is 0 Å². The van der Waals surface area contributed by atoms with E-state index in [9.17, 15) is 4.79 Å². The monoisotopic (exact) mass is 262 g/mol. The van der Waals surface area contributed by atoms with Crippen LogP contribution in [0.3, 0.4) is 0 Å². The van der Waals surface area contributed by atoms with E-state index in [-0.39, 0.29) is 5.97 Å². The Kier molecular flexibility index (Phi) is 4.20. The third-order valence-corrected chi connectivity index (χ3v) is 3.43. The lowest BCUT2D eigenvalue weighted by atomic mass is 9.91. The highest BCUT2D eigenvalue weighted by Gasteiger charge is 2.28. The number of carbonyl (C=O) groups is 1. The topological polar surface area (TPSA) is 42.4 Å². The maximum atomic E-state index is 11.8. The molecule has 4 nitrogen and oxygen atoms in total. The second-order valence-corrected chi connectivity index (χ2v) is 6.12. The van der Waals surface area contributed by atoms with Crippen LogP contribution in [-0.4, -0.2) is 29.1 Å². The van der Waals surface area contributed by atoms with Gasteiger partial charge in [-0.15, -0.1) is 5.06 Å². The van der Waals surface area contributed by atoms with Gasteiger partial charge in [-0.2, -0.15) is 0 Å². The summed E-state index contributed by atoms with van der Waals surface area (Å²) >= 11 is 0. The minimum Gasteiger partial charge on any atom is -0.367 e. The summed E-state index contributed by atoms with van der Waals surface area (Å²) in [6.07, 6.45) is 5.73. The lowest BCUT2D eigenvalue weighted by molar-refractivity contribution is -0.204. The maximum Gasteiger partial charge on any atom is 0.330 e. The molecule has 1 aromatic rings. The third kappa shape index (κ3) is 3.77. The van der Waals surface area contributed by atoms with Crippen molar-refractivity contribution >= 4 is 5.97 Å². The van der Waals surface area contributed by atoms with E-state index < -0.39 is 5.41 Å². The molecule has 1 saturated heterocycles. The van der Waals surface area contributed by atoms with Gasteiger partial charge in [0.15, 0.2) is 0 Å². The van der Waals surface area contributed by atoms with Crippen molar-refractivity contribution in [3.05, 3.63) is 30.1 Å². The summed E-state index contributed by atoms with van der Waals surface area (Å²) in [7, 11) is 0. The molecular formula is C15H22N2O2. The smallest absolute Gasteiger partial charge is 0.330 e. The van der Waals surface area contributed by atoms with Gasteiger partial charge in [0.25, 0.3) is 0 Å². The molecule has 0 radical (unpaired) electrons. The number of nitrogens with zero attached hydrogens (tertiary/aromatic N) is 2. The lowest BCUT2D eigenvalue weighted by Crippen LogP contribution is -2.38. The molecular weight excluding hydrogens is 240 g/mol. The summed E-state index contributed by atoms with van der Waals surface area (Å²) in [6.45, 7) is 7.20. The van der Waals surface area contributed by atoms with Gasteiger partial charge in [-0.3, -0.25) is 4.98 Å². The van der Waals surface area contributed by atoms with Crippen LogP contribution in [0.25, 0.3) is 0 Å². The van der Waals surface area contributed by atoms with E-state index in [2.05, 4.69) is 11.1 Å². The van der Waals surface area contributed by atoms with Crippen LogP contribution in [0.15, 0.2) is 24.5 Å². The highest BCUT2D eigenvalue weighted by atomic mass is 16.7. The van der Waals surface area contributed by atoms with Gasteiger partial charge in [0.1, 0.15) is 0 Å². The van der Waals surface area contributed by atoms with E-state index in [0.29, 0.717) is 5.92 Å². The van der Waals surface area contributed by atoms with Crippen LogP contribution >= 0.6 is 0 Å². The van der Waals surface area contributed by atoms with E-state index >= 15 is 0 Å². The molecule has 19 heavy (non-hydrogen) atoms. The molecule has 0 unspecified atom stereocenters. The average molecular weight is 262 g/mol. The summed E-state index contributed by atoms with van der Waals surface area (Å²) < 4.78 is 0. The predicted molar refractivity (Wildman–Crippen MR) is 73.3 cm³/mol. The van der Waals surface area contributed by atoms with Gasteiger partial charge in [0, 0.05) is 25.5 Å². The average Bonchev–Trinajstić information content (AvgIpc) is 2.39. The summed E-state index contributed by atoms with van der Waals surface area (Å²) in [5, 5.41) is 1.79. The first-order valence-electron chi connectivity index (χ1n) is 6.84. The molecule has 2 rings (SSSR count). The Labute approximate surface area is 114 Å². The highest BCUT2D eigenvalue weighted by Crippen LogP contribution is 2.28. The zero-order chi connectivity index (χ0) is 13.9. The molecule has 0 spiro atoms. The Morgan fingerprint density at radius 2 is 2.05 bits per heavy atom. The first-order valence-corrected chi connectivity index (χ1v) is 6.84. The molecule has 104 valence electrons. The Bertz CT molecular complexity index is 418. The summed E-state index contributed by atoms with van der Waals surface area (Å²) in [4.78, 5) is 21.4. The maximum absolute atomic E-state index is 11.8. The van der Waals surface area contributed by atoms with Crippen LogP contribution in [0.4, 0.5) is 0 Å². The third-order valence-electron chi connectivity index (χ3n) is 3.43. The van der Waals surface area contributed by atoms with Gasteiger partial charge >= 0.3 is 5.97 Å². The number of hydroxylamine groups is 2. The molecule has 1 aromatic heterocycles. The molecule has 1 fully saturated rings. The molecule has 1 aliphatic rings. The quantitative estimate of drug-likeness (QED) is 0.822. The number of piperidine rings is 1. The fraction of sp³-hybridized carbons (Fsp3) is 0.600. The van der Waals surface area contributed by atoms with Crippen molar-refractivity contribution in [3.8, 4) is 0 Å². The van der Waals surface area contributed by atoms with E-state index in [0.717, 1.165) is 25.9 Å². The molecule has 0 saturated carbocycles. The molecule has 1 aliphatic heterocycles. The predicted octanol–water partition coefficient (Wildman–Crippen LogP) is 2.77. The van der Waals surface area contributed by atoms with E-state index in [4.69, 9.17) is 4.84 Å². The molecule has 0 aromatic carbocycles. The normalized spacial score (nSPS) is 18.3. The minimum absolute atomic E-state index is 0.160. The Morgan fingerprint density at radius 1 is 1.37 bits per heavy atom. The SMILES string of the molecule is CC(C)(C)C(=O)ON1CCC(c2cccnc2)CC1. The van der Waals surface area contributed by atoms with Crippen molar-refractivity contribution in [2.45, 2.75) is 39.5 Å². The zero-order valence-electron chi connectivity index (χ0n) is 11.9. The molecule has 0 atom stereocenters. The molecule has 0 amide bonds. The van der Waals surface area contributed by atoms with Gasteiger partial charge in [-0.1, -0.05) is 6.07 Å². The molecule has 0 aliphatic carbocycles. The minimum atomic E-state index is -0.444. The Hall–Kier alpha value is -1.42. The van der Waals surface area contributed by atoms with Gasteiger partial charge in [0.05, 0.1) is 5.41 Å². The van der Waals surface area contributed by atoms with Crippen molar-refractivity contribution in [2.24, 2.45) is 5.41 Å². The van der Waals surface area contributed by atoms with Crippen LogP contribution in [0.5, 0.6) is 0 Å². The summed E-state index contributed by atoms with van der Waals surface area (Å²) in [6, 6.07) is 4.09. The number of rotatable bonds is 2. The molecule has 2 heterocycles. The van der Waals surface area contributed by atoms with E-state index in [1.807, 2.05) is 33.0 Å². The van der Waals surface area contributed by atoms with Gasteiger partial charge in [-0.05, 0) is 51.2 Å². The van der Waals surface area contributed by atoms with Crippen LogP contribution in [0.2, 0.25) is 0 Å². The van der Waals surface area contributed by atoms with E-state index in [1.165, 1.54) is 5.56 Å². The van der Waals surface area contributed by atoms with Crippen LogP contribution < -0.4 is 0 Å². The Balaban J connectivity index is 1.85. The standard InChI is InChI=1S/C15H22N2O2/c1-15(2,3)14(18)19-17-9-6-12(7-10-17)13-5-4-8-16-11-13/h4-5,8,11-12H,6-7,9-10H2,1-3H3. The first-order chi connectivity index (χ1) is 8.97. The first kappa shape index (κ1) is 14.0. The largest absolute Gasteiger partial charge is 0.367 e. The van der Waals surface area contributed by atoms with Gasteiger partial charge in [0.2, 0.25) is 0 Å². The van der Waals surface area contributed by atoms with Crippen LogP contribution in [0, 0.1) is 5.41 Å². The zero-order valence-corrected chi connectivity index (χ0v) is 11.9. The number of hydrogen-bond acceptors (Lipinski definition) is 4. The number of aromatic nitrogens is 1. The molecule has 0 N–H and O–H groups in total. The van der Waals surface area contributed by atoms with Crippen molar-refractivity contribution in [1.82, 2.24) is 10.0 Å². The second-order valence-electron chi connectivity index (χ2n) is 6.12. The van der Waals surface area contributed by atoms with Crippen molar-refractivity contribution < 1.29 is 9.63 Å². The van der Waals surface area contributed by atoms with Crippen LogP contribution in [-0.2, 0) is 9.63 Å². The van der Waals surface area contributed by atoms with Crippen LogP contribution in [0.1, 0.15) is 45.1 Å². The molecule has 4 heteroatoms. The summed E-state index contributed by atoms with van der Waals surface area (Å²) in [5.74, 6) is 0.366.